The molecule has 18 heavy (non-hydrogen) atoms. The number of rotatable bonds is 3. The molecule has 0 N–H and O–H groups in total. The Morgan fingerprint density at radius 1 is 1.39 bits per heavy atom. The Morgan fingerprint density at radius 2 is 2.11 bits per heavy atom. The van der Waals surface area contributed by atoms with Crippen molar-refractivity contribution >= 4 is 16.9 Å². The first-order chi connectivity index (χ1) is 8.49. The minimum atomic E-state index is 0.198. The summed E-state index contributed by atoms with van der Waals surface area (Å²) >= 11 is 1.41. The van der Waals surface area contributed by atoms with Crippen LogP contribution in [0.1, 0.15) is 40.5 Å². The molecule has 1 aliphatic carbocycles. The number of hydrogen-bond acceptors (Lipinski definition) is 3. The smallest absolute Gasteiger partial charge is 0.185 e. The zero-order chi connectivity index (χ0) is 13.3. The van der Waals surface area contributed by atoms with Crippen LogP contribution in [0.25, 0.3) is 0 Å². The van der Waals surface area contributed by atoms with Crippen molar-refractivity contribution in [3.63, 3.8) is 0 Å². The Kier molecular flexibility index (Phi) is 4.00. The molecule has 0 aromatic carbocycles. The minimum Gasteiger partial charge on any atom is -0.466 e. The molecule has 1 aliphatic heterocycles. The van der Waals surface area contributed by atoms with Crippen molar-refractivity contribution in [1.82, 2.24) is 0 Å². The van der Waals surface area contributed by atoms with Crippen LogP contribution in [0, 0.1) is 12.0 Å². The highest BCUT2D eigenvalue weighted by Gasteiger charge is 2.28. The van der Waals surface area contributed by atoms with E-state index in [1.165, 1.54) is 28.5 Å². The largest absolute Gasteiger partial charge is 0.466 e. The number of carbonyl (C=O) groups excluding carboxylic acids is 1. The van der Waals surface area contributed by atoms with Gasteiger partial charge < -0.3 is 4.74 Å². The van der Waals surface area contributed by atoms with E-state index in [1.807, 2.05) is 13.8 Å². The number of ether oxygens (including phenoxy) is 1. The van der Waals surface area contributed by atoms with Gasteiger partial charge in [-0.25, -0.2) is 0 Å². The van der Waals surface area contributed by atoms with Gasteiger partial charge in [-0.05, 0) is 62.3 Å². The lowest BCUT2D eigenvalue weighted by Crippen LogP contribution is -2.04. The summed E-state index contributed by atoms with van der Waals surface area (Å²) in [4.78, 5) is 10.9. The molecule has 1 atom stereocenters. The monoisotopic (exact) mass is 263 g/mol. The van der Waals surface area contributed by atoms with Gasteiger partial charge >= 0.3 is 0 Å². The zero-order valence-corrected chi connectivity index (χ0v) is 12.2. The summed E-state index contributed by atoms with van der Waals surface area (Å²) in [7, 11) is 0. The first-order valence-electron chi connectivity index (χ1n) is 6.31. The second-order valence-electron chi connectivity index (χ2n) is 4.87. The highest BCUT2D eigenvalue weighted by Crippen LogP contribution is 2.42. The fraction of sp³-hybridized carbons (Fsp3) is 0.533. The maximum Gasteiger partial charge on any atom is 0.185 e. The van der Waals surface area contributed by atoms with E-state index in [-0.39, 0.29) is 5.12 Å². The summed E-state index contributed by atoms with van der Waals surface area (Å²) < 4.78 is 5.74. The molecule has 0 spiro atoms. The number of thioether (sulfide) groups is 1. The molecular weight excluding hydrogens is 244 g/mol. The molecule has 0 fully saturated rings. The second kappa shape index (κ2) is 5.35. The molecule has 0 aromatic rings. The molecule has 1 heterocycles. The van der Waals surface area contributed by atoms with Gasteiger partial charge in [-0.3, -0.25) is 4.79 Å². The summed E-state index contributed by atoms with van der Waals surface area (Å²) in [5.41, 5.74) is 3.75. The fourth-order valence-electron chi connectivity index (χ4n) is 2.41. The van der Waals surface area contributed by atoms with E-state index in [4.69, 9.17) is 4.74 Å². The van der Waals surface area contributed by atoms with Crippen molar-refractivity contribution in [3.8, 4) is 0 Å². The number of allylic oxidation sites excluding steroid dienone is 6. The van der Waals surface area contributed by atoms with Crippen LogP contribution < -0.4 is 0 Å². The lowest BCUT2D eigenvalue weighted by atomic mass is 9.97. The average molecular weight is 263 g/mol. The van der Waals surface area contributed by atoms with E-state index in [9.17, 15) is 4.79 Å². The van der Waals surface area contributed by atoms with E-state index in [2.05, 4.69) is 13.0 Å². The van der Waals surface area contributed by atoms with Gasteiger partial charge in [0.25, 0.3) is 0 Å². The first-order valence-corrected chi connectivity index (χ1v) is 7.30. The maximum atomic E-state index is 10.9. The van der Waals surface area contributed by atoms with E-state index in [0.29, 0.717) is 5.92 Å². The summed E-state index contributed by atoms with van der Waals surface area (Å²) in [6, 6.07) is 0. The Morgan fingerprint density at radius 3 is 2.78 bits per heavy atom. The van der Waals surface area contributed by atoms with Crippen molar-refractivity contribution in [1.29, 1.82) is 0 Å². The summed E-state index contributed by atoms with van der Waals surface area (Å²) in [5, 5.41) is 0.198. The van der Waals surface area contributed by atoms with E-state index in [1.54, 1.807) is 6.92 Å². The number of fused-ring (bicyclic) bond motifs is 1. The Balaban J connectivity index is 2.06. The van der Waals surface area contributed by atoms with Crippen molar-refractivity contribution in [3.05, 3.63) is 34.3 Å². The Labute approximate surface area is 113 Å². The van der Waals surface area contributed by atoms with Crippen molar-refractivity contribution in [2.75, 3.05) is 5.75 Å². The van der Waals surface area contributed by atoms with Crippen LogP contribution in [-0.2, 0) is 9.53 Å². The molecule has 3 heteroatoms. The average Bonchev–Trinajstić information content (AvgIpc) is 2.70. The molecule has 2 rings (SSSR count). The third-order valence-corrected chi connectivity index (χ3v) is 4.35. The molecule has 0 bridgehead atoms. The quantitative estimate of drug-likeness (QED) is 0.769. The Hall–Kier alpha value is -0.960. The van der Waals surface area contributed by atoms with E-state index >= 15 is 0 Å². The predicted molar refractivity (Wildman–Crippen MR) is 74.8 cm³/mol. The van der Waals surface area contributed by atoms with E-state index in [0.717, 1.165) is 30.1 Å². The van der Waals surface area contributed by atoms with E-state index < -0.39 is 0 Å². The van der Waals surface area contributed by atoms with Crippen LogP contribution in [0.5, 0.6) is 0 Å². The van der Waals surface area contributed by atoms with Crippen LogP contribution >= 0.6 is 11.8 Å². The first kappa shape index (κ1) is 13.5. The van der Waals surface area contributed by atoms with Gasteiger partial charge in [-0.15, -0.1) is 0 Å². The molecule has 0 amide bonds. The van der Waals surface area contributed by atoms with Crippen molar-refractivity contribution in [2.24, 2.45) is 5.92 Å². The summed E-state index contributed by atoms with van der Waals surface area (Å²) in [5.74, 6) is 3.32. The SMILES string of the molecule is CC(=O)SCCC1[C]=C2C(C)=C(C)OC(C)=C2C1. The Bertz CT molecular complexity index is 469. The van der Waals surface area contributed by atoms with Gasteiger partial charge in [-0.2, -0.15) is 0 Å². The standard InChI is InChI=1S/C15H19O2S/c1-9-10(2)17-11(3)15-8-13(7-14(9)15)5-6-18-12(4)16/h13H,5-6,8H2,1-4H3. The van der Waals surface area contributed by atoms with Gasteiger partial charge in [-0.1, -0.05) is 11.8 Å². The number of carbonyl (C=O) groups is 1. The summed E-state index contributed by atoms with van der Waals surface area (Å²) in [6.45, 7) is 7.75. The third kappa shape index (κ3) is 2.72. The van der Waals surface area contributed by atoms with Crippen LogP contribution in [0.2, 0.25) is 0 Å². The fourth-order valence-corrected chi connectivity index (χ4v) is 3.10. The maximum absolute atomic E-state index is 10.9. The molecule has 0 saturated heterocycles. The lowest BCUT2D eigenvalue weighted by Gasteiger charge is -2.20. The molecule has 2 aliphatic rings. The molecule has 0 aromatic heterocycles. The van der Waals surface area contributed by atoms with Gasteiger partial charge in [0.1, 0.15) is 11.5 Å². The van der Waals surface area contributed by atoms with Gasteiger partial charge in [0.15, 0.2) is 5.12 Å². The normalized spacial score (nSPS) is 22.9. The lowest BCUT2D eigenvalue weighted by molar-refractivity contribution is -0.109. The van der Waals surface area contributed by atoms with Crippen LogP contribution in [0.15, 0.2) is 28.2 Å². The molecule has 97 valence electrons. The van der Waals surface area contributed by atoms with Crippen LogP contribution in [-0.4, -0.2) is 10.9 Å². The van der Waals surface area contributed by atoms with Crippen molar-refractivity contribution in [2.45, 2.75) is 40.5 Å². The predicted octanol–water partition coefficient (Wildman–Crippen LogP) is 4.00. The highest BCUT2D eigenvalue weighted by molar-refractivity contribution is 8.13. The van der Waals surface area contributed by atoms with Gasteiger partial charge in [0.2, 0.25) is 0 Å². The van der Waals surface area contributed by atoms with Crippen LogP contribution in [0.3, 0.4) is 0 Å². The summed E-state index contributed by atoms with van der Waals surface area (Å²) in [6.07, 6.45) is 5.59. The zero-order valence-electron chi connectivity index (χ0n) is 11.4. The molecule has 2 nitrogen and oxygen atoms in total. The van der Waals surface area contributed by atoms with Crippen LogP contribution in [0.4, 0.5) is 0 Å². The van der Waals surface area contributed by atoms with Gasteiger partial charge in [0, 0.05) is 12.7 Å². The minimum absolute atomic E-state index is 0.198. The highest BCUT2D eigenvalue weighted by atomic mass is 32.2. The van der Waals surface area contributed by atoms with Crippen molar-refractivity contribution < 1.29 is 9.53 Å². The molecule has 1 radical (unpaired) electrons. The second-order valence-corrected chi connectivity index (χ2v) is 6.14. The third-order valence-electron chi connectivity index (χ3n) is 3.51. The molecule has 0 saturated carbocycles. The topological polar surface area (TPSA) is 26.3 Å². The number of hydrogen-bond donors (Lipinski definition) is 0. The molecule has 1 unspecified atom stereocenters. The van der Waals surface area contributed by atoms with Gasteiger partial charge in [0.05, 0.1) is 0 Å². The molecular formula is C15H19O2S.